The first-order valence-electron chi connectivity index (χ1n) is 7.65. The van der Waals surface area contributed by atoms with E-state index in [1.54, 1.807) is 31.4 Å². The van der Waals surface area contributed by atoms with Crippen molar-refractivity contribution in [2.75, 3.05) is 38.2 Å². The Morgan fingerprint density at radius 3 is 2.04 bits per heavy atom. The second kappa shape index (κ2) is 7.01. The maximum absolute atomic E-state index is 12.7. The predicted molar refractivity (Wildman–Crippen MR) is 95.4 cm³/mol. The number of halogens is 1. The summed E-state index contributed by atoms with van der Waals surface area (Å²) in [5, 5.41) is 0.694. The molecule has 0 radical (unpaired) electrons. The van der Waals surface area contributed by atoms with Gasteiger partial charge >= 0.3 is 0 Å². The van der Waals surface area contributed by atoms with Crippen LogP contribution in [0.4, 0.5) is 5.69 Å². The highest BCUT2D eigenvalue weighted by Gasteiger charge is 2.28. The Kier molecular flexibility index (Phi) is 4.99. The third kappa shape index (κ3) is 3.50. The van der Waals surface area contributed by atoms with Gasteiger partial charge in [0.1, 0.15) is 5.75 Å². The van der Waals surface area contributed by atoms with Gasteiger partial charge in [0.05, 0.1) is 12.0 Å². The van der Waals surface area contributed by atoms with Gasteiger partial charge in [0.25, 0.3) is 0 Å². The van der Waals surface area contributed by atoms with E-state index in [0.29, 0.717) is 41.8 Å². The number of anilines is 1. The first-order valence-corrected chi connectivity index (χ1v) is 9.47. The van der Waals surface area contributed by atoms with Crippen molar-refractivity contribution in [1.82, 2.24) is 4.31 Å². The molecule has 1 aliphatic heterocycles. The van der Waals surface area contributed by atoms with E-state index < -0.39 is 10.0 Å². The SMILES string of the molecule is COc1ccc(S(=O)(=O)N2CCN(c3ccc(Cl)cc3)CC2)cc1. The Morgan fingerprint density at radius 1 is 0.917 bits per heavy atom. The molecule has 0 spiro atoms. The Morgan fingerprint density at radius 2 is 1.50 bits per heavy atom. The summed E-state index contributed by atoms with van der Waals surface area (Å²) in [6.07, 6.45) is 0. The molecule has 0 unspecified atom stereocenters. The third-order valence-corrected chi connectivity index (χ3v) is 6.29. The summed E-state index contributed by atoms with van der Waals surface area (Å²) in [4.78, 5) is 2.46. The minimum absolute atomic E-state index is 0.295. The van der Waals surface area contributed by atoms with Crippen molar-refractivity contribution in [2.45, 2.75) is 4.90 Å². The molecule has 0 atom stereocenters. The maximum Gasteiger partial charge on any atom is 0.243 e. The van der Waals surface area contributed by atoms with Crippen LogP contribution in [0.5, 0.6) is 5.75 Å². The number of benzene rings is 2. The lowest BCUT2D eigenvalue weighted by Gasteiger charge is -2.35. The standard InChI is InChI=1S/C17H19ClN2O3S/c1-23-16-6-8-17(9-7-16)24(21,22)20-12-10-19(11-13-20)15-4-2-14(18)3-5-15/h2-9H,10-13H2,1H3. The molecule has 2 aromatic carbocycles. The van der Waals surface area contributed by atoms with Crippen molar-refractivity contribution >= 4 is 27.3 Å². The zero-order valence-electron chi connectivity index (χ0n) is 13.4. The highest BCUT2D eigenvalue weighted by molar-refractivity contribution is 7.89. The van der Waals surface area contributed by atoms with Crippen LogP contribution in [0.1, 0.15) is 0 Å². The van der Waals surface area contributed by atoms with Gasteiger partial charge in [-0.15, -0.1) is 0 Å². The van der Waals surface area contributed by atoms with Crippen LogP contribution in [0.25, 0.3) is 0 Å². The van der Waals surface area contributed by atoms with Gasteiger partial charge in [0.15, 0.2) is 0 Å². The smallest absolute Gasteiger partial charge is 0.243 e. The number of ether oxygens (including phenoxy) is 1. The normalized spacial score (nSPS) is 16.2. The molecule has 1 fully saturated rings. The molecule has 7 heteroatoms. The monoisotopic (exact) mass is 366 g/mol. The molecule has 128 valence electrons. The number of sulfonamides is 1. The number of methoxy groups -OCH3 is 1. The van der Waals surface area contributed by atoms with Gasteiger partial charge in [-0.05, 0) is 48.5 Å². The Bertz CT molecular complexity index is 784. The van der Waals surface area contributed by atoms with Crippen molar-refractivity contribution in [2.24, 2.45) is 0 Å². The van der Waals surface area contributed by atoms with Gasteiger partial charge < -0.3 is 9.64 Å². The fourth-order valence-electron chi connectivity index (χ4n) is 2.74. The second-order valence-corrected chi connectivity index (χ2v) is 7.92. The number of nitrogens with zero attached hydrogens (tertiary/aromatic N) is 2. The summed E-state index contributed by atoms with van der Waals surface area (Å²) >= 11 is 5.91. The average Bonchev–Trinajstić information content (AvgIpc) is 2.62. The number of hydrogen-bond donors (Lipinski definition) is 0. The van der Waals surface area contributed by atoms with E-state index in [2.05, 4.69) is 4.90 Å². The average molecular weight is 367 g/mol. The zero-order valence-corrected chi connectivity index (χ0v) is 14.9. The summed E-state index contributed by atoms with van der Waals surface area (Å²) in [6.45, 7) is 2.21. The molecule has 0 aromatic heterocycles. The van der Waals surface area contributed by atoms with Crippen LogP contribution in [0.3, 0.4) is 0 Å². The minimum Gasteiger partial charge on any atom is -0.497 e. The first-order chi connectivity index (χ1) is 11.5. The summed E-state index contributed by atoms with van der Waals surface area (Å²) in [6, 6.07) is 14.1. The van der Waals surface area contributed by atoms with Crippen molar-refractivity contribution in [3.63, 3.8) is 0 Å². The molecular weight excluding hydrogens is 348 g/mol. The molecule has 5 nitrogen and oxygen atoms in total. The van der Waals surface area contributed by atoms with Gasteiger partial charge in [-0.1, -0.05) is 11.6 Å². The first kappa shape index (κ1) is 17.1. The summed E-state index contributed by atoms with van der Waals surface area (Å²) < 4.78 is 32.1. The van der Waals surface area contributed by atoms with Crippen molar-refractivity contribution in [3.8, 4) is 5.75 Å². The van der Waals surface area contributed by atoms with Crippen molar-refractivity contribution in [3.05, 3.63) is 53.6 Å². The molecule has 1 heterocycles. The van der Waals surface area contributed by atoms with Gasteiger partial charge in [-0.2, -0.15) is 4.31 Å². The van der Waals surface area contributed by atoms with E-state index in [-0.39, 0.29) is 0 Å². The molecule has 24 heavy (non-hydrogen) atoms. The van der Waals surface area contributed by atoms with E-state index >= 15 is 0 Å². The summed E-state index contributed by atoms with van der Waals surface area (Å²) in [5.74, 6) is 0.640. The quantitative estimate of drug-likeness (QED) is 0.834. The van der Waals surface area contributed by atoms with Gasteiger partial charge in [0.2, 0.25) is 10.0 Å². The highest BCUT2D eigenvalue weighted by atomic mass is 35.5. The van der Waals surface area contributed by atoms with Crippen LogP contribution in [0, 0.1) is 0 Å². The van der Waals surface area contributed by atoms with Crippen LogP contribution in [0.2, 0.25) is 5.02 Å². The molecule has 0 saturated carbocycles. The van der Waals surface area contributed by atoms with Crippen LogP contribution >= 0.6 is 11.6 Å². The summed E-state index contributed by atoms with van der Waals surface area (Å²) in [5.41, 5.74) is 1.06. The number of hydrogen-bond acceptors (Lipinski definition) is 4. The lowest BCUT2D eigenvalue weighted by molar-refractivity contribution is 0.384. The Labute approximate surface area is 147 Å². The Balaban J connectivity index is 1.69. The fourth-order valence-corrected chi connectivity index (χ4v) is 4.28. The fraction of sp³-hybridized carbons (Fsp3) is 0.294. The molecule has 0 bridgehead atoms. The van der Waals surface area contributed by atoms with E-state index in [1.807, 2.05) is 24.3 Å². The predicted octanol–water partition coefficient (Wildman–Crippen LogP) is 2.86. The van der Waals surface area contributed by atoms with Crippen molar-refractivity contribution in [1.29, 1.82) is 0 Å². The second-order valence-electron chi connectivity index (χ2n) is 5.54. The van der Waals surface area contributed by atoms with Gasteiger partial charge in [-0.3, -0.25) is 0 Å². The highest BCUT2D eigenvalue weighted by Crippen LogP contribution is 2.23. The zero-order chi connectivity index (χ0) is 17.2. The number of piperazine rings is 1. The molecular formula is C17H19ClN2O3S. The van der Waals surface area contributed by atoms with Gasteiger partial charge in [0, 0.05) is 36.9 Å². The minimum atomic E-state index is -3.47. The topological polar surface area (TPSA) is 49.9 Å². The number of rotatable bonds is 4. The van der Waals surface area contributed by atoms with Crippen LogP contribution < -0.4 is 9.64 Å². The van der Waals surface area contributed by atoms with Crippen molar-refractivity contribution < 1.29 is 13.2 Å². The molecule has 1 aliphatic rings. The molecule has 0 aliphatic carbocycles. The molecule has 3 rings (SSSR count). The molecule has 2 aromatic rings. The van der Waals surface area contributed by atoms with Crippen LogP contribution in [-0.4, -0.2) is 46.0 Å². The third-order valence-electron chi connectivity index (χ3n) is 4.13. The largest absolute Gasteiger partial charge is 0.497 e. The molecule has 1 saturated heterocycles. The maximum atomic E-state index is 12.7. The van der Waals surface area contributed by atoms with Crippen LogP contribution in [-0.2, 0) is 10.0 Å². The van der Waals surface area contributed by atoms with Crippen LogP contribution in [0.15, 0.2) is 53.4 Å². The summed E-state index contributed by atoms with van der Waals surface area (Å²) in [7, 11) is -1.91. The molecule has 0 N–H and O–H groups in total. The Hall–Kier alpha value is -1.76. The van der Waals surface area contributed by atoms with E-state index in [9.17, 15) is 8.42 Å². The molecule has 0 amide bonds. The lowest BCUT2D eigenvalue weighted by atomic mass is 10.2. The van der Waals surface area contributed by atoms with Gasteiger partial charge in [-0.25, -0.2) is 8.42 Å². The van der Waals surface area contributed by atoms with E-state index in [1.165, 1.54) is 4.31 Å². The van der Waals surface area contributed by atoms with E-state index in [0.717, 1.165) is 5.69 Å². The van der Waals surface area contributed by atoms with E-state index in [4.69, 9.17) is 16.3 Å². The lowest BCUT2D eigenvalue weighted by Crippen LogP contribution is -2.48.